The van der Waals surface area contributed by atoms with Crippen LogP contribution in [0.5, 0.6) is 5.75 Å². The summed E-state index contributed by atoms with van der Waals surface area (Å²) in [6, 6.07) is 1.13. The molecule has 0 heterocycles. The molecule has 0 radical (unpaired) electrons. The van der Waals surface area contributed by atoms with Crippen LogP contribution < -0.4 is 4.74 Å². The fraction of sp³-hybridized carbons (Fsp3) is 0.333. The van der Waals surface area contributed by atoms with Gasteiger partial charge in [-0.25, -0.2) is 8.78 Å². The van der Waals surface area contributed by atoms with Crippen LogP contribution in [0.3, 0.4) is 0 Å². The van der Waals surface area contributed by atoms with Gasteiger partial charge in [-0.15, -0.1) is 0 Å². The summed E-state index contributed by atoms with van der Waals surface area (Å²) in [6.45, 7) is 0. The van der Waals surface area contributed by atoms with E-state index in [1.165, 1.54) is 0 Å². The highest BCUT2D eigenvalue weighted by atomic mass is 19.4. The standard InChI is InChI=1S/C9H7F5O2/c1-16-4-2-5(10)7(6(11)3-4)8(15)9(12,13)14/h2-3,8,15H,1H3/t8-/m1/s1. The van der Waals surface area contributed by atoms with Crippen molar-refractivity contribution in [2.75, 3.05) is 7.11 Å². The Hall–Kier alpha value is -1.37. The van der Waals surface area contributed by atoms with Gasteiger partial charge in [-0.05, 0) is 0 Å². The summed E-state index contributed by atoms with van der Waals surface area (Å²) < 4.78 is 66.8. The highest BCUT2D eigenvalue weighted by Gasteiger charge is 2.42. The first-order chi connectivity index (χ1) is 7.27. The minimum atomic E-state index is -5.13. The normalized spacial score (nSPS) is 13.7. The summed E-state index contributed by atoms with van der Waals surface area (Å²) in [4.78, 5) is 0. The van der Waals surface area contributed by atoms with Crippen LogP contribution in [0.2, 0.25) is 0 Å². The highest BCUT2D eigenvalue weighted by Crippen LogP contribution is 2.36. The van der Waals surface area contributed by atoms with E-state index < -0.39 is 29.5 Å². The summed E-state index contributed by atoms with van der Waals surface area (Å²) in [5, 5.41) is 8.74. The number of hydrogen-bond acceptors (Lipinski definition) is 2. The number of aliphatic hydroxyl groups is 1. The first kappa shape index (κ1) is 12.7. The number of methoxy groups -OCH3 is 1. The van der Waals surface area contributed by atoms with Crippen LogP contribution in [0, 0.1) is 11.6 Å². The Bertz CT molecular complexity index is 365. The van der Waals surface area contributed by atoms with Gasteiger partial charge in [0.25, 0.3) is 0 Å². The van der Waals surface area contributed by atoms with Crippen molar-refractivity contribution in [3.8, 4) is 5.75 Å². The van der Waals surface area contributed by atoms with E-state index in [9.17, 15) is 22.0 Å². The molecule has 0 fully saturated rings. The van der Waals surface area contributed by atoms with Gasteiger partial charge in [0.15, 0.2) is 6.10 Å². The molecule has 0 saturated heterocycles. The molecular weight excluding hydrogens is 235 g/mol. The van der Waals surface area contributed by atoms with Gasteiger partial charge in [0.1, 0.15) is 17.4 Å². The van der Waals surface area contributed by atoms with E-state index in [1.807, 2.05) is 0 Å². The summed E-state index contributed by atoms with van der Waals surface area (Å²) in [6.07, 6.45) is -8.32. The molecule has 1 N–H and O–H groups in total. The minimum absolute atomic E-state index is 0.270. The predicted octanol–water partition coefficient (Wildman–Crippen LogP) is 2.57. The molecule has 7 heteroatoms. The van der Waals surface area contributed by atoms with Crippen molar-refractivity contribution in [2.24, 2.45) is 0 Å². The Labute approximate surface area is 87.3 Å². The van der Waals surface area contributed by atoms with E-state index in [1.54, 1.807) is 0 Å². The van der Waals surface area contributed by atoms with E-state index in [-0.39, 0.29) is 5.75 Å². The third-order valence-electron chi connectivity index (χ3n) is 1.87. The van der Waals surface area contributed by atoms with E-state index in [0.29, 0.717) is 12.1 Å². The van der Waals surface area contributed by atoms with Gasteiger partial charge in [-0.2, -0.15) is 13.2 Å². The van der Waals surface area contributed by atoms with Crippen LogP contribution in [-0.2, 0) is 0 Å². The highest BCUT2D eigenvalue weighted by molar-refractivity contribution is 5.32. The largest absolute Gasteiger partial charge is 0.497 e. The van der Waals surface area contributed by atoms with Gasteiger partial charge < -0.3 is 9.84 Å². The first-order valence-corrected chi connectivity index (χ1v) is 4.05. The topological polar surface area (TPSA) is 29.5 Å². The van der Waals surface area contributed by atoms with Crippen molar-refractivity contribution in [3.63, 3.8) is 0 Å². The lowest BCUT2D eigenvalue weighted by Crippen LogP contribution is -2.22. The maximum atomic E-state index is 13.1. The molecule has 1 aromatic rings. The lowest BCUT2D eigenvalue weighted by Gasteiger charge is -2.16. The molecule has 1 atom stereocenters. The second kappa shape index (κ2) is 4.25. The van der Waals surface area contributed by atoms with Crippen LogP contribution in [0.15, 0.2) is 12.1 Å². The molecule has 2 nitrogen and oxygen atoms in total. The van der Waals surface area contributed by atoms with E-state index in [0.717, 1.165) is 7.11 Å². The zero-order valence-electron chi connectivity index (χ0n) is 7.98. The Morgan fingerprint density at radius 1 is 1.19 bits per heavy atom. The molecule has 0 aliphatic heterocycles. The fourth-order valence-corrected chi connectivity index (χ4v) is 1.10. The molecule has 0 aromatic heterocycles. The third-order valence-corrected chi connectivity index (χ3v) is 1.87. The molecule has 0 aliphatic rings. The Morgan fingerprint density at radius 3 is 1.94 bits per heavy atom. The van der Waals surface area contributed by atoms with E-state index >= 15 is 0 Å². The minimum Gasteiger partial charge on any atom is -0.497 e. The number of alkyl halides is 3. The maximum absolute atomic E-state index is 13.1. The molecular formula is C9H7F5O2. The van der Waals surface area contributed by atoms with Gasteiger partial charge in [-0.3, -0.25) is 0 Å². The SMILES string of the molecule is COc1cc(F)c([C@@H](O)C(F)(F)F)c(F)c1. The molecule has 90 valence electrons. The predicted molar refractivity (Wildman–Crippen MR) is 43.9 cm³/mol. The third kappa shape index (κ3) is 2.41. The number of aliphatic hydroxyl groups excluding tert-OH is 1. The Balaban J connectivity index is 3.25. The number of ether oxygens (including phenoxy) is 1. The van der Waals surface area contributed by atoms with Crippen molar-refractivity contribution >= 4 is 0 Å². The second-order valence-corrected chi connectivity index (χ2v) is 2.95. The number of benzene rings is 1. The van der Waals surface area contributed by atoms with Gasteiger partial charge in [0.2, 0.25) is 0 Å². The molecule has 0 aliphatic carbocycles. The van der Waals surface area contributed by atoms with Crippen molar-refractivity contribution in [3.05, 3.63) is 29.3 Å². The number of hydrogen-bond donors (Lipinski definition) is 1. The average molecular weight is 242 g/mol. The second-order valence-electron chi connectivity index (χ2n) is 2.95. The van der Waals surface area contributed by atoms with Gasteiger partial charge in [-0.1, -0.05) is 0 Å². The zero-order valence-corrected chi connectivity index (χ0v) is 7.98. The van der Waals surface area contributed by atoms with E-state index in [2.05, 4.69) is 4.74 Å². The van der Waals surface area contributed by atoms with Crippen LogP contribution in [-0.4, -0.2) is 18.4 Å². The summed E-state index contributed by atoms with van der Waals surface area (Å²) >= 11 is 0. The maximum Gasteiger partial charge on any atom is 0.418 e. The van der Waals surface area contributed by atoms with Crippen molar-refractivity contribution in [1.82, 2.24) is 0 Å². The van der Waals surface area contributed by atoms with Gasteiger partial charge >= 0.3 is 6.18 Å². The lowest BCUT2D eigenvalue weighted by molar-refractivity contribution is -0.208. The molecule has 1 aromatic carbocycles. The monoisotopic (exact) mass is 242 g/mol. The van der Waals surface area contributed by atoms with E-state index in [4.69, 9.17) is 5.11 Å². The smallest absolute Gasteiger partial charge is 0.418 e. The molecule has 0 spiro atoms. The number of rotatable bonds is 2. The molecule has 1 rings (SSSR count). The van der Waals surface area contributed by atoms with Crippen molar-refractivity contribution < 1.29 is 31.8 Å². The van der Waals surface area contributed by atoms with Crippen LogP contribution in [0.1, 0.15) is 11.7 Å². The van der Waals surface area contributed by atoms with Crippen molar-refractivity contribution in [2.45, 2.75) is 12.3 Å². The quantitative estimate of drug-likeness (QED) is 0.807. The summed E-state index contributed by atoms with van der Waals surface area (Å²) in [7, 11) is 1.11. The van der Waals surface area contributed by atoms with Crippen LogP contribution >= 0.6 is 0 Å². The summed E-state index contributed by atoms with van der Waals surface area (Å²) in [5.41, 5.74) is -1.44. The fourth-order valence-electron chi connectivity index (χ4n) is 1.10. The molecule has 16 heavy (non-hydrogen) atoms. The molecule has 0 amide bonds. The Morgan fingerprint density at radius 2 is 1.62 bits per heavy atom. The lowest BCUT2D eigenvalue weighted by atomic mass is 10.1. The molecule has 0 saturated carbocycles. The summed E-state index contributed by atoms with van der Waals surface area (Å²) in [5.74, 6) is -3.29. The Kier molecular flexibility index (Phi) is 3.37. The number of halogens is 5. The van der Waals surface area contributed by atoms with Crippen LogP contribution in [0.4, 0.5) is 22.0 Å². The van der Waals surface area contributed by atoms with Crippen molar-refractivity contribution in [1.29, 1.82) is 0 Å². The molecule has 0 bridgehead atoms. The van der Waals surface area contributed by atoms with Gasteiger partial charge in [0.05, 0.1) is 12.7 Å². The molecule has 0 unspecified atom stereocenters. The average Bonchev–Trinajstić information content (AvgIpc) is 2.14. The zero-order chi connectivity index (χ0) is 12.5. The first-order valence-electron chi connectivity index (χ1n) is 4.05. The van der Waals surface area contributed by atoms with Gasteiger partial charge in [0, 0.05) is 12.1 Å². The van der Waals surface area contributed by atoms with Crippen LogP contribution in [0.25, 0.3) is 0 Å².